The summed E-state index contributed by atoms with van der Waals surface area (Å²) in [5, 5.41) is 7.06. The first-order valence-corrected chi connectivity index (χ1v) is 11.2. The van der Waals surface area contributed by atoms with Crippen LogP contribution in [0.15, 0.2) is 82.4 Å². The Morgan fingerprint density at radius 1 is 1.10 bits per heavy atom. The minimum Gasteiger partial charge on any atom is -0.367 e. The van der Waals surface area contributed by atoms with E-state index in [-0.39, 0.29) is 5.91 Å². The van der Waals surface area contributed by atoms with Crippen molar-refractivity contribution in [3.63, 3.8) is 0 Å². The first-order valence-electron chi connectivity index (χ1n) is 9.67. The van der Waals surface area contributed by atoms with Gasteiger partial charge in [0, 0.05) is 18.0 Å². The van der Waals surface area contributed by atoms with E-state index in [0.717, 1.165) is 26.9 Å². The Labute approximate surface area is 199 Å². The molecule has 0 aliphatic carbocycles. The van der Waals surface area contributed by atoms with Crippen molar-refractivity contribution in [2.75, 3.05) is 7.11 Å². The Morgan fingerprint density at radius 2 is 1.84 bits per heavy atom. The van der Waals surface area contributed by atoms with Gasteiger partial charge in [-0.25, -0.2) is 5.01 Å². The number of carbonyl (C=O) groups excluding carboxylic acids is 1. The minimum absolute atomic E-state index is 0.264. The van der Waals surface area contributed by atoms with Gasteiger partial charge < -0.3 is 4.74 Å². The number of carbonyl (C=O) groups is 1. The fraction of sp³-hybridized carbons (Fsp3) is 0.167. The number of rotatable bonds is 5. The first-order chi connectivity index (χ1) is 15.0. The summed E-state index contributed by atoms with van der Waals surface area (Å²) in [5.41, 5.74) is 3.23. The Kier molecular flexibility index (Phi) is 6.77. The van der Waals surface area contributed by atoms with Crippen LogP contribution in [0.4, 0.5) is 0 Å². The van der Waals surface area contributed by atoms with Crippen molar-refractivity contribution in [1.29, 1.82) is 0 Å². The van der Waals surface area contributed by atoms with Crippen LogP contribution in [0.25, 0.3) is 0 Å². The van der Waals surface area contributed by atoms with Crippen molar-refractivity contribution in [3.05, 3.63) is 104 Å². The third-order valence-corrected chi connectivity index (χ3v) is 6.52. The van der Waals surface area contributed by atoms with E-state index in [1.54, 1.807) is 6.07 Å². The van der Waals surface area contributed by atoms with Gasteiger partial charge >= 0.3 is 0 Å². The average Bonchev–Trinajstić information content (AvgIpc) is 3.22. The largest absolute Gasteiger partial charge is 0.367 e. The Hall–Kier alpha value is -2.18. The highest BCUT2D eigenvalue weighted by Crippen LogP contribution is 2.40. The third kappa shape index (κ3) is 4.55. The summed E-state index contributed by atoms with van der Waals surface area (Å²) in [6, 6.07) is 22.3. The summed E-state index contributed by atoms with van der Waals surface area (Å²) in [4.78, 5) is 13.6. The summed E-state index contributed by atoms with van der Waals surface area (Å²) in [6.45, 7) is 0. The highest BCUT2D eigenvalue weighted by Gasteiger charge is 2.38. The van der Waals surface area contributed by atoms with Crippen LogP contribution >= 0.6 is 39.1 Å². The maximum atomic E-state index is 13.6. The van der Waals surface area contributed by atoms with Gasteiger partial charge in [-0.1, -0.05) is 93.7 Å². The van der Waals surface area contributed by atoms with Gasteiger partial charge in [-0.3, -0.25) is 4.79 Å². The zero-order valence-corrected chi connectivity index (χ0v) is 19.7. The Bertz CT molecular complexity index is 1140. The van der Waals surface area contributed by atoms with Gasteiger partial charge in [0.25, 0.3) is 5.91 Å². The molecule has 0 radical (unpaired) electrons. The van der Waals surface area contributed by atoms with Crippen LogP contribution in [-0.2, 0) is 9.53 Å². The zero-order valence-electron chi connectivity index (χ0n) is 16.6. The van der Waals surface area contributed by atoms with Gasteiger partial charge in [0.2, 0.25) is 0 Å². The fourth-order valence-corrected chi connectivity index (χ4v) is 4.54. The number of nitrogens with zero attached hydrogens (tertiary/aromatic N) is 2. The molecule has 158 valence electrons. The maximum Gasteiger partial charge on any atom is 0.276 e. The van der Waals surface area contributed by atoms with Crippen molar-refractivity contribution in [2.24, 2.45) is 5.10 Å². The summed E-state index contributed by atoms with van der Waals surface area (Å²) < 4.78 is 6.52. The molecule has 0 aromatic heterocycles. The van der Waals surface area contributed by atoms with Crippen LogP contribution in [-0.4, -0.2) is 23.7 Å². The SMILES string of the molecule is CO[C@H](C(=O)N1N=C(c2cccc(Br)c2)C[C@@H]1c1cccc(Cl)c1Cl)c1ccccc1. The second-order valence-corrected chi connectivity index (χ2v) is 8.83. The molecule has 0 unspecified atom stereocenters. The molecule has 1 aliphatic rings. The van der Waals surface area contributed by atoms with Crippen LogP contribution in [0, 0.1) is 0 Å². The summed E-state index contributed by atoms with van der Waals surface area (Å²) in [5.74, 6) is -0.264. The zero-order chi connectivity index (χ0) is 22.0. The molecule has 7 heteroatoms. The lowest BCUT2D eigenvalue weighted by Crippen LogP contribution is -2.32. The molecule has 3 aromatic carbocycles. The summed E-state index contributed by atoms with van der Waals surface area (Å²) >= 11 is 16.3. The summed E-state index contributed by atoms with van der Waals surface area (Å²) in [6.07, 6.45) is -0.278. The second-order valence-electron chi connectivity index (χ2n) is 7.13. The molecular formula is C24H19BrCl2N2O2. The van der Waals surface area contributed by atoms with E-state index >= 15 is 0 Å². The highest BCUT2D eigenvalue weighted by atomic mass is 79.9. The number of hydrogen-bond donors (Lipinski definition) is 0. The molecule has 31 heavy (non-hydrogen) atoms. The van der Waals surface area contributed by atoms with Crippen molar-refractivity contribution in [3.8, 4) is 0 Å². The molecule has 0 saturated carbocycles. The van der Waals surface area contributed by atoms with Gasteiger partial charge in [0.15, 0.2) is 6.10 Å². The molecule has 0 N–H and O–H groups in total. The molecule has 4 nitrogen and oxygen atoms in total. The van der Waals surface area contributed by atoms with Gasteiger partial charge in [-0.15, -0.1) is 0 Å². The Morgan fingerprint density at radius 3 is 2.55 bits per heavy atom. The maximum absolute atomic E-state index is 13.6. The quantitative estimate of drug-likeness (QED) is 0.372. The van der Waals surface area contributed by atoms with Crippen molar-refractivity contribution >= 4 is 50.8 Å². The number of amides is 1. The number of methoxy groups -OCH3 is 1. The molecule has 1 aliphatic heterocycles. The molecule has 0 fully saturated rings. The minimum atomic E-state index is -0.785. The monoisotopic (exact) mass is 516 g/mol. The molecule has 1 amide bonds. The van der Waals surface area contributed by atoms with Crippen molar-refractivity contribution < 1.29 is 9.53 Å². The normalized spacial score (nSPS) is 16.8. The number of benzene rings is 3. The topological polar surface area (TPSA) is 41.9 Å². The van der Waals surface area contributed by atoms with Crippen LogP contribution in [0.1, 0.15) is 35.3 Å². The molecule has 0 spiro atoms. The molecule has 4 rings (SSSR count). The van der Waals surface area contributed by atoms with Gasteiger partial charge in [0.1, 0.15) is 0 Å². The van der Waals surface area contributed by atoms with Crippen LogP contribution < -0.4 is 0 Å². The predicted molar refractivity (Wildman–Crippen MR) is 128 cm³/mol. The number of ether oxygens (including phenoxy) is 1. The van der Waals surface area contributed by atoms with E-state index < -0.39 is 12.1 Å². The van der Waals surface area contributed by atoms with Gasteiger partial charge in [-0.05, 0) is 34.9 Å². The number of hydrogen-bond acceptors (Lipinski definition) is 3. The average molecular weight is 518 g/mol. The lowest BCUT2D eigenvalue weighted by molar-refractivity contribution is -0.144. The van der Waals surface area contributed by atoms with Crippen LogP contribution in [0.2, 0.25) is 10.0 Å². The van der Waals surface area contributed by atoms with E-state index in [4.69, 9.17) is 33.0 Å². The third-order valence-electron chi connectivity index (χ3n) is 5.20. The van der Waals surface area contributed by atoms with Crippen LogP contribution in [0.3, 0.4) is 0 Å². The standard InChI is InChI=1S/C24H19BrCl2N2O2/c1-31-23(15-7-3-2-4-8-15)24(30)29-21(18-11-6-12-19(26)22(18)27)14-20(28-29)16-9-5-10-17(25)13-16/h2-13,21,23H,14H2,1H3/t21-,23+/m1/s1. The van der Waals surface area contributed by atoms with E-state index in [1.807, 2.05) is 66.7 Å². The van der Waals surface area contributed by atoms with Gasteiger partial charge in [-0.2, -0.15) is 5.10 Å². The van der Waals surface area contributed by atoms with E-state index in [9.17, 15) is 4.79 Å². The fourth-order valence-electron chi connectivity index (χ4n) is 3.70. The Balaban J connectivity index is 1.77. The summed E-state index contributed by atoms with van der Waals surface area (Å²) in [7, 11) is 1.52. The smallest absolute Gasteiger partial charge is 0.276 e. The molecule has 0 saturated heterocycles. The molecule has 1 heterocycles. The molecule has 3 aromatic rings. The predicted octanol–water partition coefficient (Wildman–Crippen LogP) is 6.82. The van der Waals surface area contributed by atoms with E-state index in [2.05, 4.69) is 15.9 Å². The van der Waals surface area contributed by atoms with E-state index in [1.165, 1.54) is 12.1 Å². The van der Waals surface area contributed by atoms with Crippen molar-refractivity contribution in [2.45, 2.75) is 18.6 Å². The molecule has 2 atom stereocenters. The lowest BCUT2D eigenvalue weighted by Gasteiger charge is -2.26. The number of halogens is 3. The lowest BCUT2D eigenvalue weighted by atomic mass is 9.97. The van der Waals surface area contributed by atoms with E-state index in [0.29, 0.717) is 16.5 Å². The highest BCUT2D eigenvalue weighted by molar-refractivity contribution is 9.10. The molecule has 0 bridgehead atoms. The number of hydrazone groups is 1. The van der Waals surface area contributed by atoms with Gasteiger partial charge in [0.05, 0.1) is 21.8 Å². The van der Waals surface area contributed by atoms with Crippen LogP contribution in [0.5, 0.6) is 0 Å². The second kappa shape index (κ2) is 9.53. The first kappa shape index (κ1) is 22.0. The van der Waals surface area contributed by atoms with Crippen molar-refractivity contribution in [1.82, 2.24) is 5.01 Å². The molecular weight excluding hydrogens is 499 g/mol.